The Morgan fingerprint density at radius 2 is 1.43 bits per heavy atom. The third-order valence-corrected chi connectivity index (χ3v) is 3.36. The number of ether oxygens (including phenoxy) is 1. The van der Waals surface area contributed by atoms with Crippen molar-refractivity contribution in [1.29, 1.82) is 0 Å². The highest BCUT2D eigenvalue weighted by Gasteiger charge is 1.97. The fourth-order valence-electron chi connectivity index (χ4n) is 2.14. The number of guanidine groups is 1. The van der Waals surface area contributed by atoms with Crippen molar-refractivity contribution in [3.63, 3.8) is 0 Å². The highest BCUT2D eigenvalue weighted by atomic mass is 35.5. The molecule has 0 heterocycles. The van der Waals surface area contributed by atoms with Gasteiger partial charge in [-0.2, -0.15) is 4.99 Å². The van der Waals surface area contributed by atoms with E-state index in [4.69, 9.17) is 16.2 Å². The van der Waals surface area contributed by atoms with Crippen LogP contribution in [0, 0.1) is 0 Å². The molecule has 0 aliphatic heterocycles. The van der Waals surface area contributed by atoms with Crippen molar-refractivity contribution in [2.24, 2.45) is 16.5 Å². The third-order valence-electron chi connectivity index (χ3n) is 3.36. The van der Waals surface area contributed by atoms with Gasteiger partial charge in [0.2, 0.25) is 0 Å². The molecule has 0 atom stereocenters. The number of carbonyl (C=O) groups excluding carboxylic acids is 1. The normalized spacial score (nSPS) is 9.96. The Morgan fingerprint density at radius 1 is 0.913 bits per heavy atom. The number of amides is 2. The molecule has 0 aliphatic carbocycles. The Labute approximate surface area is 147 Å². The smallest absolute Gasteiger partial charge is 0.344 e. The van der Waals surface area contributed by atoms with Gasteiger partial charge in [0.25, 0.3) is 0 Å². The highest BCUT2D eigenvalue weighted by Crippen LogP contribution is 2.09. The van der Waals surface area contributed by atoms with Gasteiger partial charge in [0.15, 0.2) is 5.96 Å². The summed E-state index contributed by atoms with van der Waals surface area (Å²) < 4.78 is 5.52. The van der Waals surface area contributed by atoms with Crippen molar-refractivity contribution in [2.45, 2.75) is 71.1 Å². The number of rotatable bonds is 14. The van der Waals surface area contributed by atoms with E-state index in [1.54, 1.807) is 0 Å². The largest absolute Gasteiger partial charge is 0.381 e. The fraction of sp³-hybridized carbons (Fsp3) is 0.875. The first-order chi connectivity index (χ1) is 10.7. The molecule has 0 saturated heterocycles. The molecule has 6 nitrogen and oxygen atoms in total. The summed E-state index contributed by atoms with van der Waals surface area (Å²) in [6.07, 6.45) is 12.6. The molecule has 0 aromatic heterocycles. The molecule has 0 radical (unpaired) electrons. The summed E-state index contributed by atoms with van der Waals surface area (Å²) in [5.41, 5.74) is 10.2. The predicted molar refractivity (Wildman–Crippen MR) is 99.1 cm³/mol. The molecular weight excluding hydrogens is 316 g/mol. The second kappa shape index (κ2) is 19.0. The summed E-state index contributed by atoms with van der Waals surface area (Å²) >= 11 is 0. The molecule has 23 heavy (non-hydrogen) atoms. The zero-order chi connectivity index (χ0) is 16.5. The summed E-state index contributed by atoms with van der Waals surface area (Å²) in [4.78, 5) is 14.4. The van der Waals surface area contributed by atoms with Crippen LogP contribution < -0.4 is 16.8 Å². The van der Waals surface area contributed by atoms with Gasteiger partial charge in [-0.15, -0.1) is 12.4 Å². The molecular formula is C16H35ClN4O2. The molecule has 0 saturated carbocycles. The van der Waals surface area contributed by atoms with Crippen molar-refractivity contribution in [2.75, 3.05) is 19.8 Å². The summed E-state index contributed by atoms with van der Waals surface area (Å²) in [6.45, 7) is 4.22. The average molecular weight is 351 g/mol. The van der Waals surface area contributed by atoms with E-state index in [2.05, 4.69) is 17.2 Å². The molecule has 0 bridgehead atoms. The van der Waals surface area contributed by atoms with E-state index < -0.39 is 6.03 Å². The van der Waals surface area contributed by atoms with Crippen LogP contribution in [0.1, 0.15) is 71.1 Å². The maximum atomic E-state index is 11.1. The van der Waals surface area contributed by atoms with E-state index in [9.17, 15) is 4.79 Å². The molecule has 0 rings (SSSR count). The predicted octanol–water partition coefficient (Wildman–Crippen LogP) is 3.33. The third kappa shape index (κ3) is 21.0. The summed E-state index contributed by atoms with van der Waals surface area (Å²) in [5, 5.41) is 2.59. The van der Waals surface area contributed by atoms with E-state index >= 15 is 0 Å². The summed E-state index contributed by atoms with van der Waals surface area (Å²) in [6, 6.07) is -0.501. The van der Waals surface area contributed by atoms with Crippen LogP contribution in [0.2, 0.25) is 0 Å². The molecule has 0 aromatic rings. The number of unbranched alkanes of at least 4 members (excludes halogenated alkanes) is 8. The first kappa shape index (κ1) is 24.2. The number of aliphatic imine (C=N–C) groups is 1. The quantitative estimate of drug-likeness (QED) is 0.254. The monoisotopic (exact) mass is 350 g/mol. The number of nitrogens with two attached hydrogens (primary N) is 2. The standard InChI is InChI=1S/C16H34N4O2.ClH/c1-2-3-4-5-6-7-8-9-10-13-22-14-11-12-19-16(21)20-15(17)18;/h2-14H2,1H3,(H5,17,18,19,20,21);1H. The van der Waals surface area contributed by atoms with Gasteiger partial charge in [0, 0.05) is 19.8 Å². The molecule has 5 N–H and O–H groups in total. The van der Waals surface area contributed by atoms with Crippen molar-refractivity contribution in [1.82, 2.24) is 5.32 Å². The van der Waals surface area contributed by atoms with Gasteiger partial charge in [-0.1, -0.05) is 58.3 Å². The van der Waals surface area contributed by atoms with Crippen LogP contribution in [0.15, 0.2) is 4.99 Å². The summed E-state index contributed by atoms with van der Waals surface area (Å²) in [5.74, 6) is -0.223. The molecule has 0 aliphatic rings. The minimum Gasteiger partial charge on any atom is -0.381 e. The first-order valence-corrected chi connectivity index (χ1v) is 8.62. The van der Waals surface area contributed by atoms with E-state index in [1.807, 2.05) is 0 Å². The molecule has 0 unspecified atom stereocenters. The lowest BCUT2D eigenvalue weighted by Crippen LogP contribution is -2.29. The second-order valence-corrected chi connectivity index (χ2v) is 5.56. The van der Waals surface area contributed by atoms with Gasteiger partial charge in [-0.25, -0.2) is 4.79 Å². The van der Waals surface area contributed by atoms with Crippen LogP contribution >= 0.6 is 12.4 Å². The zero-order valence-electron chi connectivity index (χ0n) is 14.5. The maximum absolute atomic E-state index is 11.1. The van der Waals surface area contributed by atoms with Gasteiger partial charge in [0.1, 0.15) is 0 Å². The number of carbonyl (C=O) groups is 1. The number of hydrogen-bond donors (Lipinski definition) is 3. The second-order valence-electron chi connectivity index (χ2n) is 5.56. The van der Waals surface area contributed by atoms with Crippen LogP contribution in [0.3, 0.4) is 0 Å². The Morgan fingerprint density at radius 3 is 2.00 bits per heavy atom. The first-order valence-electron chi connectivity index (χ1n) is 8.62. The highest BCUT2D eigenvalue weighted by molar-refractivity contribution is 5.90. The molecule has 7 heteroatoms. The molecule has 0 fully saturated rings. The topological polar surface area (TPSA) is 103 Å². The van der Waals surface area contributed by atoms with Crippen LogP contribution in [0.4, 0.5) is 4.79 Å². The Bertz CT molecular complexity index is 298. The lowest BCUT2D eigenvalue weighted by atomic mass is 10.1. The van der Waals surface area contributed by atoms with Crippen molar-refractivity contribution >= 4 is 24.4 Å². The average Bonchev–Trinajstić information content (AvgIpc) is 2.47. The lowest BCUT2D eigenvalue weighted by Gasteiger charge is -2.05. The van der Waals surface area contributed by atoms with Gasteiger partial charge >= 0.3 is 6.03 Å². The van der Waals surface area contributed by atoms with Crippen molar-refractivity contribution in [3.05, 3.63) is 0 Å². The van der Waals surface area contributed by atoms with Gasteiger partial charge in [-0.05, 0) is 12.8 Å². The van der Waals surface area contributed by atoms with Crippen molar-refractivity contribution < 1.29 is 9.53 Å². The number of nitrogens with zero attached hydrogens (tertiary/aromatic N) is 1. The van der Waals surface area contributed by atoms with E-state index in [-0.39, 0.29) is 18.4 Å². The van der Waals surface area contributed by atoms with Crippen LogP contribution in [0.5, 0.6) is 0 Å². The Kier molecular flexibility index (Phi) is 20.1. The number of hydrogen-bond acceptors (Lipinski definition) is 2. The maximum Gasteiger partial charge on any atom is 0.344 e. The van der Waals surface area contributed by atoms with E-state index in [1.165, 1.54) is 51.4 Å². The fourth-order valence-corrected chi connectivity index (χ4v) is 2.14. The van der Waals surface area contributed by atoms with Gasteiger partial charge in [0.05, 0.1) is 0 Å². The molecule has 2 amide bonds. The SMILES string of the molecule is CCCCCCCCCCCOCCCNC(=O)N=C(N)N.Cl. The Balaban J connectivity index is 0. The minimum absolute atomic E-state index is 0. The van der Waals surface area contributed by atoms with Crippen LogP contribution in [-0.2, 0) is 4.74 Å². The zero-order valence-corrected chi connectivity index (χ0v) is 15.3. The molecule has 0 aromatic carbocycles. The van der Waals surface area contributed by atoms with Crippen molar-refractivity contribution in [3.8, 4) is 0 Å². The summed E-state index contributed by atoms with van der Waals surface area (Å²) in [7, 11) is 0. The number of halogens is 1. The van der Waals surface area contributed by atoms with Gasteiger partial charge in [-0.3, -0.25) is 0 Å². The minimum atomic E-state index is -0.501. The van der Waals surface area contributed by atoms with Crippen LogP contribution in [0.25, 0.3) is 0 Å². The van der Waals surface area contributed by atoms with E-state index in [0.29, 0.717) is 13.2 Å². The van der Waals surface area contributed by atoms with E-state index in [0.717, 1.165) is 19.4 Å². The lowest BCUT2D eigenvalue weighted by molar-refractivity contribution is 0.127. The number of nitrogens with one attached hydrogen (secondary N) is 1. The van der Waals surface area contributed by atoms with Crippen LogP contribution in [-0.4, -0.2) is 31.7 Å². The Hall–Kier alpha value is -1.01. The molecule has 138 valence electrons. The number of urea groups is 1. The van der Waals surface area contributed by atoms with Gasteiger partial charge < -0.3 is 21.5 Å². The molecule has 0 spiro atoms.